The molecule has 19 heavy (non-hydrogen) atoms. The van der Waals surface area contributed by atoms with Gasteiger partial charge in [-0.25, -0.2) is 4.39 Å². The van der Waals surface area contributed by atoms with Crippen LogP contribution < -0.4 is 10.1 Å². The van der Waals surface area contributed by atoms with Crippen LogP contribution in [0.1, 0.15) is 12.5 Å². The van der Waals surface area contributed by atoms with Crippen molar-refractivity contribution in [1.29, 1.82) is 0 Å². The van der Waals surface area contributed by atoms with Crippen LogP contribution in [0.2, 0.25) is 0 Å². The minimum atomic E-state index is -0.333. The van der Waals surface area contributed by atoms with Gasteiger partial charge in [0.15, 0.2) is 0 Å². The molecule has 0 fully saturated rings. The van der Waals surface area contributed by atoms with Crippen molar-refractivity contribution in [2.24, 2.45) is 0 Å². The molecule has 0 radical (unpaired) electrons. The van der Waals surface area contributed by atoms with E-state index in [4.69, 9.17) is 4.74 Å². The first-order valence-corrected chi connectivity index (χ1v) is 6.76. The summed E-state index contributed by atoms with van der Waals surface area (Å²) in [6.45, 7) is 3.55. The number of nitrogens with one attached hydrogen (secondary N) is 1. The summed E-state index contributed by atoms with van der Waals surface area (Å²) in [5.41, 5.74) is 0.931. The summed E-state index contributed by atoms with van der Waals surface area (Å²) in [4.78, 5) is 4.07. The van der Waals surface area contributed by atoms with Gasteiger partial charge in [0.1, 0.15) is 17.3 Å². The fourth-order valence-electron chi connectivity index (χ4n) is 1.58. The fourth-order valence-corrected chi connectivity index (χ4v) is 1.91. The van der Waals surface area contributed by atoms with Crippen molar-refractivity contribution in [3.63, 3.8) is 0 Å². The van der Waals surface area contributed by atoms with Crippen molar-refractivity contribution in [3.05, 3.63) is 52.5 Å². The highest BCUT2D eigenvalue weighted by atomic mass is 79.9. The normalized spacial score (nSPS) is 10.5. The van der Waals surface area contributed by atoms with Crippen LogP contribution in [0.25, 0.3) is 0 Å². The third-order valence-electron chi connectivity index (χ3n) is 2.54. The average Bonchev–Trinajstić information content (AvgIpc) is 2.42. The summed E-state index contributed by atoms with van der Waals surface area (Å²) in [5.74, 6) is 0.784. The maximum absolute atomic E-state index is 13.2. The number of aromatic nitrogens is 1. The van der Waals surface area contributed by atoms with E-state index in [9.17, 15) is 4.39 Å². The number of nitrogens with zero attached hydrogens (tertiary/aromatic N) is 1. The second kappa shape index (κ2) is 6.63. The molecule has 5 heteroatoms. The Kier molecular flexibility index (Phi) is 4.87. The molecule has 0 amide bonds. The Bertz CT molecular complexity index is 563. The maximum atomic E-state index is 13.2. The first-order valence-electron chi connectivity index (χ1n) is 5.97. The van der Waals surface area contributed by atoms with Gasteiger partial charge < -0.3 is 10.1 Å². The molecule has 0 bridgehead atoms. The molecule has 3 nitrogen and oxygen atoms in total. The standard InChI is InChI=1S/C14H14BrFN2O/c1-2-17-8-10-9-18-6-5-13(10)19-14-7-11(16)3-4-12(14)15/h3-7,9,17H,2,8H2,1H3. The molecule has 0 aliphatic carbocycles. The van der Waals surface area contributed by atoms with E-state index in [-0.39, 0.29) is 5.82 Å². The third-order valence-corrected chi connectivity index (χ3v) is 3.19. The van der Waals surface area contributed by atoms with Gasteiger partial charge in [-0.05, 0) is 40.7 Å². The average molecular weight is 325 g/mol. The van der Waals surface area contributed by atoms with E-state index in [1.54, 1.807) is 24.5 Å². The van der Waals surface area contributed by atoms with Gasteiger partial charge in [0.2, 0.25) is 0 Å². The number of rotatable bonds is 5. The van der Waals surface area contributed by atoms with Crippen molar-refractivity contribution < 1.29 is 9.13 Å². The lowest BCUT2D eigenvalue weighted by atomic mass is 10.2. The number of hydrogen-bond donors (Lipinski definition) is 1. The Morgan fingerprint density at radius 2 is 2.16 bits per heavy atom. The number of pyridine rings is 1. The highest BCUT2D eigenvalue weighted by molar-refractivity contribution is 9.10. The molecule has 1 N–H and O–H groups in total. The largest absolute Gasteiger partial charge is 0.456 e. The van der Waals surface area contributed by atoms with Crippen LogP contribution in [0, 0.1) is 5.82 Å². The van der Waals surface area contributed by atoms with E-state index in [2.05, 4.69) is 26.2 Å². The number of hydrogen-bond acceptors (Lipinski definition) is 3. The topological polar surface area (TPSA) is 34.2 Å². The molecule has 1 aromatic heterocycles. The summed E-state index contributed by atoms with van der Waals surface area (Å²) >= 11 is 3.34. The van der Waals surface area contributed by atoms with E-state index in [0.29, 0.717) is 22.5 Å². The van der Waals surface area contributed by atoms with Gasteiger partial charge in [0, 0.05) is 30.6 Å². The monoisotopic (exact) mass is 324 g/mol. The molecule has 0 aliphatic rings. The molecule has 0 saturated heterocycles. The Balaban J connectivity index is 2.25. The van der Waals surface area contributed by atoms with Gasteiger partial charge in [-0.15, -0.1) is 0 Å². The molecule has 2 aromatic rings. The maximum Gasteiger partial charge on any atom is 0.144 e. The van der Waals surface area contributed by atoms with Gasteiger partial charge in [-0.1, -0.05) is 6.92 Å². The van der Waals surface area contributed by atoms with E-state index in [1.165, 1.54) is 12.1 Å². The SMILES string of the molecule is CCNCc1cnccc1Oc1cc(F)ccc1Br. The third kappa shape index (κ3) is 3.75. The Morgan fingerprint density at radius 1 is 1.32 bits per heavy atom. The molecule has 1 aromatic carbocycles. The summed E-state index contributed by atoms with van der Waals surface area (Å²) in [6.07, 6.45) is 3.39. The summed E-state index contributed by atoms with van der Waals surface area (Å²) in [7, 11) is 0. The first kappa shape index (κ1) is 14.0. The predicted octanol–water partition coefficient (Wildman–Crippen LogP) is 3.89. The second-order valence-corrected chi connectivity index (χ2v) is 4.79. The smallest absolute Gasteiger partial charge is 0.144 e. The Morgan fingerprint density at radius 3 is 2.95 bits per heavy atom. The molecule has 0 aliphatic heterocycles. The highest BCUT2D eigenvalue weighted by Gasteiger charge is 2.08. The van der Waals surface area contributed by atoms with Crippen LogP contribution in [0.4, 0.5) is 4.39 Å². The molecule has 0 unspecified atom stereocenters. The molecule has 2 rings (SSSR count). The Hall–Kier alpha value is -1.46. The summed E-state index contributed by atoms with van der Waals surface area (Å²) in [5, 5.41) is 3.21. The van der Waals surface area contributed by atoms with Crippen molar-refractivity contribution >= 4 is 15.9 Å². The zero-order valence-corrected chi connectivity index (χ0v) is 12.1. The van der Waals surface area contributed by atoms with Crippen molar-refractivity contribution in [2.45, 2.75) is 13.5 Å². The zero-order valence-electron chi connectivity index (χ0n) is 10.5. The molecular weight excluding hydrogens is 311 g/mol. The van der Waals surface area contributed by atoms with Gasteiger partial charge in [-0.3, -0.25) is 4.98 Å². The van der Waals surface area contributed by atoms with Crippen LogP contribution in [-0.4, -0.2) is 11.5 Å². The van der Waals surface area contributed by atoms with Crippen LogP contribution in [0.5, 0.6) is 11.5 Å². The number of ether oxygens (including phenoxy) is 1. The van der Waals surface area contributed by atoms with Crippen molar-refractivity contribution in [2.75, 3.05) is 6.54 Å². The molecule has 0 atom stereocenters. The number of halogens is 2. The molecule has 0 saturated carbocycles. The van der Waals surface area contributed by atoms with Gasteiger partial charge in [0.25, 0.3) is 0 Å². The highest BCUT2D eigenvalue weighted by Crippen LogP contribution is 2.31. The summed E-state index contributed by atoms with van der Waals surface area (Å²) < 4.78 is 19.7. The zero-order chi connectivity index (χ0) is 13.7. The minimum absolute atomic E-state index is 0.333. The number of benzene rings is 1. The fraction of sp³-hybridized carbons (Fsp3) is 0.214. The van der Waals surface area contributed by atoms with Crippen LogP contribution >= 0.6 is 15.9 Å². The van der Waals surface area contributed by atoms with Crippen molar-refractivity contribution in [1.82, 2.24) is 10.3 Å². The van der Waals surface area contributed by atoms with E-state index in [0.717, 1.165) is 12.1 Å². The van der Waals surface area contributed by atoms with E-state index < -0.39 is 0 Å². The molecule has 100 valence electrons. The lowest BCUT2D eigenvalue weighted by molar-refractivity contribution is 0.464. The summed E-state index contributed by atoms with van der Waals surface area (Å²) in [6, 6.07) is 6.12. The lowest BCUT2D eigenvalue weighted by Gasteiger charge is -2.12. The molecular formula is C14H14BrFN2O. The van der Waals surface area contributed by atoms with E-state index in [1.807, 2.05) is 6.92 Å². The first-order chi connectivity index (χ1) is 9.20. The van der Waals surface area contributed by atoms with Gasteiger partial charge in [0.05, 0.1) is 4.47 Å². The molecule has 0 spiro atoms. The second-order valence-electron chi connectivity index (χ2n) is 3.94. The van der Waals surface area contributed by atoms with E-state index >= 15 is 0 Å². The quantitative estimate of drug-likeness (QED) is 0.906. The van der Waals surface area contributed by atoms with Crippen LogP contribution in [0.15, 0.2) is 41.1 Å². The predicted molar refractivity (Wildman–Crippen MR) is 75.8 cm³/mol. The van der Waals surface area contributed by atoms with Crippen LogP contribution in [-0.2, 0) is 6.54 Å². The van der Waals surface area contributed by atoms with Gasteiger partial charge in [-0.2, -0.15) is 0 Å². The van der Waals surface area contributed by atoms with Crippen LogP contribution in [0.3, 0.4) is 0 Å². The lowest BCUT2D eigenvalue weighted by Crippen LogP contribution is -2.12. The Labute approximate surface area is 119 Å². The van der Waals surface area contributed by atoms with Gasteiger partial charge >= 0.3 is 0 Å². The minimum Gasteiger partial charge on any atom is -0.456 e. The van der Waals surface area contributed by atoms with Crippen molar-refractivity contribution in [3.8, 4) is 11.5 Å². The molecule has 1 heterocycles.